The van der Waals surface area contributed by atoms with E-state index in [2.05, 4.69) is 25.1 Å². The number of fused-ring (bicyclic) bond motifs is 1. The fourth-order valence-electron chi connectivity index (χ4n) is 5.25. The minimum atomic E-state index is -4.81. The predicted octanol–water partition coefficient (Wildman–Crippen LogP) is 3.60. The third kappa shape index (κ3) is 5.23. The van der Waals surface area contributed by atoms with Gasteiger partial charge in [0.25, 0.3) is 0 Å². The first kappa shape index (κ1) is 26.4. The van der Waals surface area contributed by atoms with Crippen molar-refractivity contribution in [3.8, 4) is 0 Å². The lowest BCUT2D eigenvalue weighted by atomic mass is 9.94. The second kappa shape index (κ2) is 10.4. The lowest BCUT2D eigenvalue weighted by Gasteiger charge is -2.43. The molecule has 1 aliphatic heterocycles. The number of carbonyl (C=O) groups is 1. The summed E-state index contributed by atoms with van der Waals surface area (Å²) in [7, 11) is 0. The average Bonchev–Trinajstić information content (AvgIpc) is 3.11. The van der Waals surface area contributed by atoms with Crippen LogP contribution in [0.1, 0.15) is 67.5 Å². The number of piperazine rings is 1. The van der Waals surface area contributed by atoms with Crippen LogP contribution in [0.5, 0.6) is 0 Å². The van der Waals surface area contributed by atoms with E-state index in [4.69, 9.17) is 0 Å². The maximum Gasteiger partial charge on any atom is 0.419 e. The van der Waals surface area contributed by atoms with Crippen molar-refractivity contribution in [1.29, 1.82) is 0 Å². The largest absolute Gasteiger partial charge is 0.419 e. The molecule has 4 rings (SSSR count). The molecule has 0 radical (unpaired) electrons. The Hall–Kier alpha value is -2.63. The second-order valence-corrected chi connectivity index (χ2v) is 9.84. The molecule has 1 aromatic heterocycles. The highest BCUT2D eigenvalue weighted by molar-refractivity contribution is 5.64. The van der Waals surface area contributed by atoms with Crippen molar-refractivity contribution in [2.24, 2.45) is 0 Å². The molecule has 0 amide bonds. The SMILES string of the molecule is CC(C)NC(C(C=O)c1ccc(C(F)(F)F)c(F)c1)N1CCN(c2ncnc3c2[C@H](C)C[C@@H]3O)CC1. The summed E-state index contributed by atoms with van der Waals surface area (Å²) < 4.78 is 53.4. The number of nitrogens with one attached hydrogen (secondary N) is 1. The van der Waals surface area contributed by atoms with Crippen LogP contribution in [0.15, 0.2) is 24.5 Å². The van der Waals surface area contributed by atoms with Crippen LogP contribution < -0.4 is 10.2 Å². The maximum absolute atomic E-state index is 14.3. The monoisotopic (exact) mass is 509 g/mol. The third-order valence-corrected chi connectivity index (χ3v) is 6.96. The van der Waals surface area contributed by atoms with Crippen LogP contribution in [0, 0.1) is 5.82 Å². The summed E-state index contributed by atoms with van der Waals surface area (Å²) in [6, 6.07) is 2.65. The molecule has 4 atom stereocenters. The molecule has 2 N–H and O–H groups in total. The van der Waals surface area contributed by atoms with Gasteiger partial charge in [0.1, 0.15) is 24.2 Å². The van der Waals surface area contributed by atoms with Crippen molar-refractivity contribution >= 4 is 12.1 Å². The number of nitrogens with zero attached hydrogens (tertiary/aromatic N) is 4. The molecular weight excluding hydrogens is 478 g/mol. The molecule has 1 aliphatic carbocycles. The molecule has 0 spiro atoms. The molecule has 11 heteroatoms. The van der Waals surface area contributed by atoms with Gasteiger partial charge < -0.3 is 14.8 Å². The van der Waals surface area contributed by atoms with Crippen molar-refractivity contribution in [3.05, 3.63) is 52.7 Å². The number of benzene rings is 1. The van der Waals surface area contributed by atoms with Crippen LogP contribution in [0.4, 0.5) is 23.4 Å². The van der Waals surface area contributed by atoms with E-state index in [-0.39, 0.29) is 17.5 Å². The van der Waals surface area contributed by atoms with Crippen LogP contribution in [0.3, 0.4) is 0 Å². The highest BCUT2D eigenvalue weighted by Gasteiger charge is 2.37. The van der Waals surface area contributed by atoms with Gasteiger partial charge in [-0.3, -0.25) is 10.2 Å². The Labute approximate surface area is 207 Å². The summed E-state index contributed by atoms with van der Waals surface area (Å²) in [5.41, 5.74) is 0.461. The summed E-state index contributed by atoms with van der Waals surface area (Å²) >= 11 is 0. The highest BCUT2D eigenvalue weighted by atomic mass is 19.4. The van der Waals surface area contributed by atoms with Gasteiger partial charge in [-0.05, 0) is 43.9 Å². The Morgan fingerprint density at radius 3 is 2.44 bits per heavy atom. The van der Waals surface area contributed by atoms with Crippen molar-refractivity contribution in [1.82, 2.24) is 20.2 Å². The first-order valence-electron chi connectivity index (χ1n) is 12.1. The first-order valence-corrected chi connectivity index (χ1v) is 12.1. The minimum Gasteiger partial charge on any atom is -0.387 e. The second-order valence-electron chi connectivity index (χ2n) is 9.84. The van der Waals surface area contributed by atoms with Gasteiger partial charge in [0, 0.05) is 37.8 Å². The molecule has 7 nitrogen and oxygen atoms in total. The van der Waals surface area contributed by atoms with E-state index in [1.54, 1.807) is 0 Å². The van der Waals surface area contributed by atoms with Crippen LogP contribution in [-0.2, 0) is 11.0 Å². The van der Waals surface area contributed by atoms with E-state index < -0.39 is 35.7 Å². The summed E-state index contributed by atoms with van der Waals surface area (Å²) in [5.74, 6) is -1.33. The number of halogens is 4. The quantitative estimate of drug-likeness (QED) is 0.436. The van der Waals surface area contributed by atoms with Gasteiger partial charge in [-0.15, -0.1) is 0 Å². The first-order chi connectivity index (χ1) is 17.0. The number of aromatic nitrogens is 2. The van der Waals surface area contributed by atoms with Gasteiger partial charge >= 0.3 is 6.18 Å². The number of aliphatic hydroxyl groups is 1. The molecule has 2 heterocycles. The Bertz CT molecular complexity index is 1090. The Balaban J connectivity index is 1.55. The molecule has 2 aromatic rings. The molecule has 0 saturated carbocycles. The van der Waals surface area contributed by atoms with Gasteiger partial charge in [0.05, 0.1) is 29.4 Å². The number of carbonyl (C=O) groups excluding carboxylic acids is 1. The van der Waals surface area contributed by atoms with Crippen molar-refractivity contribution < 1.29 is 27.5 Å². The molecule has 2 aliphatic rings. The molecule has 36 heavy (non-hydrogen) atoms. The summed E-state index contributed by atoms with van der Waals surface area (Å²) in [6.45, 7) is 8.15. The number of aldehydes is 1. The molecule has 0 bridgehead atoms. The van der Waals surface area contributed by atoms with Gasteiger partial charge in [-0.1, -0.05) is 13.0 Å². The predicted molar refractivity (Wildman–Crippen MR) is 126 cm³/mol. The van der Waals surface area contributed by atoms with E-state index in [1.807, 2.05) is 20.8 Å². The lowest BCUT2D eigenvalue weighted by Crippen LogP contribution is -2.58. The standard InChI is InChI=1S/C25H31F4N5O2/c1-14(2)32-23(17(12-35)16-4-5-18(19(26)11-16)25(27,28)29)33-6-8-34(9-7-33)24-21-15(3)10-20(36)22(21)30-13-31-24/h4-5,11-15,17,20,23,32,36H,6-10H2,1-3H3/t15-,17?,20+,23?/m1/s1. The molecule has 1 saturated heterocycles. The van der Waals surface area contributed by atoms with Gasteiger partial charge in [0.2, 0.25) is 0 Å². The lowest BCUT2D eigenvalue weighted by molar-refractivity contribution is -0.140. The van der Waals surface area contributed by atoms with Crippen LogP contribution in [-0.4, -0.2) is 64.6 Å². The molecule has 1 aromatic carbocycles. The fourth-order valence-corrected chi connectivity index (χ4v) is 5.25. The topological polar surface area (TPSA) is 81.6 Å². The van der Waals surface area contributed by atoms with Crippen molar-refractivity contribution in [3.63, 3.8) is 0 Å². The smallest absolute Gasteiger partial charge is 0.387 e. The van der Waals surface area contributed by atoms with Crippen LogP contribution in [0.2, 0.25) is 0 Å². The number of hydrogen-bond acceptors (Lipinski definition) is 7. The number of rotatable bonds is 7. The zero-order valence-electron chi connectivity index (χ0n) is 20.5. The maximum atomic E-state index is 14.3. The molecule has 196 valence electrons. The highest BCUT2D eigenvalue weighted by Crippen LogP contribution is 2.43. The van der Waals surface area contributed by atoms with E-state index in [1.165, 1.54) is 12.4 Å². The number of alkyl halides is 3. The number of anilines is 1. The van der Waals surface area contributed by atoms with Crippen LogP contribution in [0.25, 0.3) is 0 Å². The van der Waals surface area contributed by atoms with E-state index in [0.29, 0.717) is 50.6 Å². The molecular formula is C25H31F4N5O2. The summed E-state index contributed by atoms with van der Waals surface area (Å²) in [6.07, 6.45) is -3.21. The number of hydrogen-bond donors (Lipinski definition) is 2. The zero-order valence-corrected chi connectivity index (χ0v) is 20.5. The molecule has 1 fully saturated rings. The summed E-state index contributed by atoms with van der Waals surface area (Å²) in [5, 5.41) is 13.6. The minimum absolute atomic E-state index is 0.0257. The van der Waals surface area contributed by atoms with Crippen molar-refractivity contribution in [2.75, 3.05) is 31.1 Å². The van der Waals surface area contributed by atoms with Gasteiger partial charge in [-0.25, -0.2) is 14.4 Å². The molecule has 2 unspecified atom stereocenters. The van der Waals surface area contributed by atoms with Crippen molar-refractivity contribution in [2.45, 2.75) is 63.5 Å². The van der Waals surface area contributed by atoms with Gasteiger partial charge in [0.15, 0.2) is 0 Å². The van der Waals surface area contributed by atoms with Gasteiger partial charge in [-0.2, -0.15) is 13.2 Å². The Morgan fingerprint density at radius 2 is 1.86 bits per heavy atom. The Kier molecular flexibility index (Phi) is 7.63. The van der Waals surface area contributed by atoms with E-state index in [0.717, 1.165) is 17.4 Å². The van der Waals surface area contributed by atoms with Crippen LogP contribution >= 0.6 is 0 Å². The zero-order chi connectivity index (χ0) is 26.2. The number of aliphatic hydroxyl groups excluding tert-OH is 1. The summed E-state index contributed by atoms with van der Waals surface area (Å²) in [4.78, 5) is 25.1. The Morgan fingerprint density at radius 1 is 1.17 bits per heavy atom. The fraction of sp³-hybridized carbons (Fsp3) is 0.560. The van der Waals surface area contributed by atoms with E-state index in [9.17, 15) is 27.5 Å². The third-order valence-electron chi connectivity index (χ3n) is 6.96. The average molecular weight is 510 g/mol. The normalized spacial score (nSPS) is 22.5. The van der Waals surface area contributed by atoms with E-state index >= 15 is 0 Å².